The summed E-state index contributed by atoms with van der Waals surface area (Å²) in [5.74, 6) is -0.274. The summed E-state index contributed by atoms with van der Waals surface area (Å²) < 4.78 is 0. The molecule has 2 N–H and O–H groups in total. The van der Waals surface area contributed by atoms with Gasteiger partial charge in [0.1, 0.15) is 5.75 Å². The van der Waals surface area contributed by atoms with E-state index in [9.17, 15) is 14.7 Å². The molecule has 0 unspecified atom stereocenters. The summed E-state index contributed by atoms with van der Waals surface area (Å²) in [7, 11) is 0. The Morgan fingerprint density at radius 3 is 2.85 bits per heavy atom. The van der Waals surface area contributed by atoms with Crippen molar-refractivity contribution in [2.24, 2.45) is 5.92 Å². The van der Waals surface area contributed by atoms with E-state index in [0.29, 0.717) is 48.3 Å². The average molecular weight is 363 g/mol. The third-order valence-corrected chi connectivity index (χ3v) is 4.74. The smallest absolute Gasteiger partial charge is 0.253 e. The van der Waals surface area contributed by atoms with Crippen molar-refractivity contribution in [3.63, 3.8) is 0 Å². The zero-order chi connectivity index (χ0) is 19.4. The Balaban J connectivity index is 1.81. The van der Waals surface area contributed by atoms with Crippen LogP contribution in [0.3, 0.4) is 0 Å². The molecule has 0 saturated carbocycles. The van der Waals surface area contributed by atoms with Gasteiger partial charge in [0.15, 0.2) is 0 Å². The number of phenols is 1. The molecule has 1 saturated heterocycles. The molecular formula is C21H21N3O3. The molecule has 1 aliphatic heterocycles. The molecule has 0 bridgehead atoms. The van der Waals surface area contributed by atoms with Gasteiger partial charge in [-0.05, 0) is 49.2 Å². The first-order valence-electron chi connectivity index (χ1n) is 8.94. The number of rotatable bonds is 4. The number of carbonyl (C=O) groups is 2. The standard InChI is InChI=1S/C21H21N3O3/c1-2-23-20(26)17-8-9-24(13-17)21(27)16-5-3-4-15(11-16)18-10-14(12-22)6-7-19(18)25/h3-7,10-11,17,25H,2,8-9,13H2,1H3,(H,23,26)/t17-/m1/s1. The molecule has 1 atom stereocenters. The molecule has 2 aromatic rings. The van der Waals surface area contributed by atoms with Crippen molar-refractivity contribution in [3.05, 3.63) is 53.6 Å². The first kappa shape index (κ1) is 18.5. The fourth-order valence-electron chi connectivity index (χ4n) is 3.32. The lowest BCUT2D eigenvalue weighted by atomic mass is 10.00. The molecule has 1 heterocycles. The van der Waals surface area contributed by atoms with Crippen LogP contribution in [0.5, 0.6) is 5.75 Å². The van der Waals surface area contributed by atoms with Crippen LogP contribution in [0.4, 0.5) is 0 Å². The van der Waals surface area contributed by atoms with Crippen LogP contribution in [0.2, 0.25) is 0 Å². The zero-order valence-electron chi connectivity index (χ0n) is 15.1. The van der Waals surface area contributed by atoms with E-state index in [-0.39, 0.29) is 23.5 Å². The van der Waals surface area contributed by atoms with Crippen LogP contribution < -0.4 is 5.32 Å². The lowest BCUT2D eigenvalue weighted by Crippen LogP contribution is -2.34. The minimum absolute atomic E-state index is 0.0141. The van der Waals surface area contributed by atoms with Gasteiger partial charge in [-0.25, -0.2) is 0 Å². The molecule has 27 heavy (non-hydrogen) atoms. The highest BCUT2D eigenvalue weighted by molar-refractivity contribution is 5.96. The van der Waals surface area contributed by atoms with Gasteiger partial charge >= 0.3 is 0 Å². The highest BCUT2D eigenvalue weighted by Gasteiger charge is 2.31. The molecule has 2 aromatic carbocycles. The van der Waals surface area contributed by atoms with Gasteiger partial charge in [0.05, 0.1) is 17.6 Å². The lowest BCUT2D eigenvalue weighted by molar-refractivity contribution is -0.124. The van der Waals surface area contributed by atoms with Gasteiger partial charge in [-0.15, -0.1) is 0 Å². The van der Waals surface area contributed by atoms with E-state index in [4.69, 9.17) is 5.26 Å². The number of nitriles is 1. The summed E-state index contributed by atoms with van der Waals surface area (Å²) >= 11 is 0. The SMILES string of the molecule is CCNC(=O)[C@@H]1CCN(C(=O)c2cccc(-c3cc(C#N)ccc3O)c2)C1. The number of amides is 2. The summed E-state index contributed by atoms with van der Waals surface area (Å²) in [5.41, 5.74) is 2.09. The summed E-state index contributed by atoms with van der Waals surface area (Å²) in [6.45, 7) is 3.40. The molecule has 0 aromatic heterocycles. The second-order valence-electron chi connectivity index (χ2n) is 6.56. The summed E-state index contributed by atoms with van der Waals surface area (Å²) in [5, 5.41) is 22.0. The van der Waals surface area contributed by atoms with Crippen LogP contribution in [0.1, 0.15) is 29.3 Å². The fourth-order valence-corrected chi connectivity index (χ4v) is 3.32. The molecular weight excluding hydrogens is 342 g/mol. The minimum Gasteiger partial charge on any atom is -0.507 e. The second kappa shape index (κ2) is 7.92. The van der Waals surface area contributed by atoms with Crippen molar-refractivity contribution in [3.8, 4) is 22.9 Å². The van der Waals surface area contributed by atoms with E-state index in [0.717, 1.165) is 0 Å². The van der Waals surface area contributed by atoms with Crippen molar-refractivity contribution >= 4 is 11.8 Å². The third-order valence-electron chi connectivity index (χ3n) is 4.74. The van der Waals surface area contributed by atoms with Crippen LogP contribution in [-0.4, -0.2) is 41.5 Å². The molecule has 3 rings (SSSR count). The van der Waals surface area contributed by atoms with E-state index >= 15 is 0 Å². The second-order valence-corrected chi connectivity index (χ2v) is 6.56. The Morgan fingerprint density at radius 2 is 2.11 bits per heavy atom. The van der Waals surface area contributed by atoms with Crippen molar-refractivity contribution < 1.29 is 14.7 Å². The first-order chi connectivity index (χ1) is 13.0. The van der Waals surface area contributed by atoms with Gasteiger partial charge in [0.25, 0.3) is 5.91 Å². The van der Waals surface area contributed by atoms with Crippen molar-refractivity contribution in [1.29, 1.82) is 5.26 Å². The van der Waals surface area contributed by atoms with E-state index in [1.54, 1.807) is 41.3 Å². The normalized spacial score (nSPS) is 16.0. The monoisotopic (exact) mass is 363 g/mol. The van der Waals surface area contributed by atoms with Crippen LogP contribution >= 0.6 is 0 Å². The zero-order valence-corrected chi connectivity index (χ0v) is 15.1. The van der Waals surface area contributed by atoms with Crippen molar-refractivity contribution in [2.45, 2.75) is 13.3 Å². The molecule has 138 valence electrons. The van der Waals surface area contributed by atoms with Crippen molar-refractivity contribution in [2.75, 3.05) is 19.6 Å². The molecule has 0 radical (unpaired) electrons. The summed E-state index contributed by atoms with van der Waals surface area (Å²) in [6, 6.07) is 13.6. The number of nitrogens with zero attached hydrogens (tertiary/aromatic N) is 2. The van der Waals surface area contributed by atoms with Gasteiger partial charge in [0.2, 0.25) is 5.91 Å². The molecule has 0 spiro atoms. The van der Waals surface area contributed by atoms with Crippen LogP contribution in [0, 0.1) is 17.2 Å². The van der Waals surface area contributed by atoms with Gasteiger partial charge in [-0.1, -0.05) is 12.1 Å². The maximum absolute atomic E-state index is 12.8. The van der Waals surface area contributed by atoms with E-state index in [2.05, 4.69) is 5.32 Å². The van der Waals surface area contributed by atoms with Gasteiger partial charge < -0.3 is 15.3 Å². The number of hydrogen-bond acceptors (Lipinski definition) is 4. The summed E-state index contributed by atoms with van der Waals surface area (Å²) in [4.78, 5) is 26.5. The predicted molar refractivity (Wildman–Crippen MR) is 101 cm³/mol. The van der Waals surface area contributed by atoms with Crippen LogP contribution in [0.25, 0.3) is 11.1 Å². The Kier molecular flexibility index (Phi) is 5.41. The largest absolute Gasteiger partial charge is 0.507 e. The lowest BCUT2D eigenvalue weighted by Gasteiger charge is -2.17. The number of hydrogen-bond donors (Lipinski definition) is 2. The van der Waals surface area contributed by atoms with Gasteiger partial charge in [-0.3, -0.25) is 9.59 Å². The number of benzene rings is 2. The molecule has 6 nitrogen and oxygen atoms in total. The quantitative estimate of drug-likeness (QED) is 0.873. The summed E-state index contributed by atoms with van der Waals surface area (Å²) in [6.07, 6.45) is 0.655. The number of nitrogens with one attached hydrogen (secondary N) is 1. The van der Waals surface area contributed by atoms with Crippen LogP contribution in [0.15, 0.2) is 42.5 Å². The highest BCUT2D eigenvalue weighted by Crippen LogP contribution is 2.31. The van der Waals surface area contributed by atoms with Gasteiger partial charge in [-0.2, -0.15) is 5.26 Å². The Hall–Kier alpha value is -3.33. The molecule has 1 aliphatic rings. The maximum Gasteiger partial charge on any atom is 0.253 e. The molecule has 1 fully saturated rings. The van der Waals surface area contributed by atoms with E-state index in [1.165, 1.54) is 6.07 Å². The first-order valence-corrected chi connectivity index (χ1v) is 8.94. The van der Waals surface area contributed by atoms with Gasteiger partial charge in [0, 0.05) is 30.8 Å². The topological polar surface area (TPSA) is 93.4 Å². The van der Waals surface area contributed by atoms with E-state index < -0.39 is 0 Å². The number of carbonyl (C=O) groups excluding carboxylic acids is 2. The highest BCUT2D eigenvalue weighted by atomic mass is 16.3. The number of likely N-dealkylation sites (tertiary alicyclic amines) is 1. The fraction of sp³-hybridized carbons (Fsp3) is 0.286. The Labute approximate surface area is 158 Å². The van der Waals surface area contributed by atoms with Crippen LogP contribution in [-0.2, 0) is 4.79 Å². The number of phenolic OH excluding ortho intramolecular Hbond substituents is 1. The third kappa shape index (κ3) is 3.93. The molecule has 0 aliphatic carbocycles. The Bertz CT molecular complexity index is 917. The Morgan fingerprint density at radius 1 is 1.30 bits per heavy atom. The predicted octanol–water partition coefficient (Wildman–Crippen LogP) is 2.53. The molecule has 6 heteroatoms. The maximum atomic E-state index is 12.8. The van der Waals surface area contributed by atoms with E-state index in [1.807, 2.05) is 13.0 Å². The number of aromatic hydroxyl groups is 1. The van der Waals surface area contributed by atoms with Crippen molar-refractivity contribution in [1.82, 2.24) is 10.2 Å². The molecule has 2 amide bonds. The average Bonchev–Trinajstić information content (AvgIpc) is 3.18. The minimum atomic E-state index is -0.173.